The van der Waals surface area contributed by atoms with Gasteiger partial charge in [0.05, 0.1) is 80.7 Å². The van der Waals surface area contributed by atoms with Crippen molar-refractivity contribution in [2.75, 3.05) is 52.7 Å². The third-order valence-corrected chi connectivity index (χ3v) is 10.1. The van der Waals surface area contributed by atoms with Gasteiger partial charge in [-0.15, -0.1) is 11.3 Å². The molecule has 0 bridgehead atoms. The molecule has 1 saturated heterocycles. The lowest BCUT2D eigenvalue weighted by molar-refractivity contribution is -0.145. The molecule has 0 spiro atoms. The lowest BCUT2D eigenvalue weighted by Crippen LogP contribution is -2.59. The molecule has 0 radical (unpaired) electrons. The quantitative estimate of drug-likeness (QED) is 0.116. The van der Waals surface area contributed by atoms with Gasteiger partial charge in [0.1, 0.15) is 12.1 Å². The third kappa shape index (κ3) is 12.5. The Labute approximate surface area is 318 Å². The van der Waals surface area contributed by atoms with E-state index in [0.29, 0.717) is 5.56 Å². The molecule has 298 valence electrons. The van der Waals surface area contributed by atoms with Gasteiger partial charge < -0.3 is 45.3 Å². The molecular weight excluding hydrogens is 725 g/mol. The largest absolute Gasteiger partial charge is 0.481 e. The molecule has 1 aromatic heterocycles. The molecule has 4 rings (SSSR count). The van der Waals surface area contributed by atoms with Crippen molar-refractivity contribution in [1.29, 1.82) is 0 Å². The zero-order chi connectivity index (χ0) is 39.5. The Kier molecular flexibility index (Phi) is 15.4. The van der Waals surface area contributed by atoms with Crippen LogP contribution in [-0.4, -0.2) is 126 Å². The summed E-state index contributed by atoms with van der Waals surface area (Å²) in [5.74, 6) is -3.35. The average Bonchev–Trinajstić information content (AvgIpc) is 3.52. The van der Waals surface area contributed by atoms with E-state index in [9.17, 15) is 33.5 Å². The highest BCUT2D eigenvalue weighted by atomic mass is 32.1. The maximum Gasteiger partial charge on any atom is 0.305 e. The summed E-state index contributed by atoms with van der Waals surface area (Å²) in [4.78, 5) is 70.7. The van der Waals surface area contributed by atoms with Crippen molar-refractivity contribution in [1.82, 2.24) is 25.8 Å². The number of carbonyl (C=O) groups is 5. The summed E-state index contributed by atoms with van der Waals surface area (Å²) in [6.45, 7) is 8.56. The zero-order valence-corrected chi connectivity index (χ0v) is 32.0. The summed E-state index contributed by atoms with van der Waals surface area (Å²) in [5, 5.41) is 27.5. The molecule has 15 nitrogen and oxygen atoms in total. The maximum atomic E-state index is 14.6. The Morgan fingerprint density at radius 1 is 1.00 bits per heavy atom. The highest BCUT2D eigenvalue weighted by molar-refractivity contribution is 7.13. The Bertz CT molecular complexity index is 1600. The first kappa shape index (κ1) is 42.7. The van der Waals surface area contributed by atoms with Crippen LogP contribution in [0.5, 0.6) is 0 Å². The molecule has 2 aromatic rings. The summed E-state index contributed by atoms with van der Waals surface area (Å²) in [6.07, 6.45) is -1.13. The van der Waals surface area contributed by atoms with Gasteiger partial charge in [-0.05, 0) is 36.3 Å². The van der Waals surface area contributed by atoms with E-state index in [0.717, 1.165) is 16.1 Å². The number of alkyl halides is 1. The number of thiazole rings is 1. The number of nitrogens with one attached hydrogen (secondary N) is 3. The number of carbonyl (C=O) groups excluding carboxylic acids is 4. The van der Waals surface area contributed by atoms with Gasteiger partial charge in [-0.25, -0.2) is 9.37 Å². The molecule has 1 aliphatic carbocycles. The molecule has 1 unspecified atom stereocenters. The molecule has 4 amide bonds. The zero-order valence-electron chi connectivity index (χ0n) is 31.2. The van der Waals surface area contributed by atoms with Gasteiger partial charge in [0.15, 0.2) is 5.67 Å². The molecule has 2 fully saturated rings. The second-order valence-corrected chi connectivity index (χ2v) is 15.5. The van der Waals surface area contributed by atoms with Crippen molar-refractivity contribution in [2.45, 2.75) is 89.7 Å². The number of hydrogen-bond donors (Lipinski definition) is 5. The van der Waals surface area contributed by atoms with E-state index in [1.807, 2.05) is 31.2 Å². The first-order valence-corrected chi connectivity index (χ1v) is 19.0. The number of β-amino-alcohol motifs (C(OH)–C–C–N with tert-alkyl or cyclic N) is 1. The number of aryl methyl sites for hydroxylation is 1. The number of aromatic nitrogens is 1. The third-order valence-electron chi connectivity index (χ3n) is 9.15. The number of hydrogen-bond acceptors (Lipinski definition) is 11. The molecule has 54 heavy (non-hydrogen) atoms. The molecule has 1 aliphatic heterocycles. The van der Waals surface area contributed by atoms with Crippen LogP contribution < -0.4 is 16.0 Å². The summed E-state index contributed by atoms with van der Waals surface area (Å²) in [6, 6.07) is 4.33. The molecule has 4 atom stereocenters. The van der Waals surface area contributed by atoms with E-state index in [4.69, 9.17) is 19.3 Å². The minimum Gasteiger partial charge on any atom is -0.481 e. The van der Waals surface area contributed by atoms with Crippen LogP contribution in [0, 0.1) is 12.3 Å². The monoisotopic (exact) mass is 777 g/mol. The van der Waals surface area contributed by atoms with Gasteiger partial charge in [0.25, 0.3) is 5.91 Å². The van der Waals surface area contributed by atoms with E-state index in [1.165, 1.54) is 16.2 Å². The van der Waals surface area contributed by atoms with Crippen LogP contribution in [0.15, 0.2) is 29.8 Å². The molecule has 17 heteroatoms. The number of benzene rings is 1. The highest BCUT2D eigenvalue weighted by Crippen LogP contribution is 2.40. The number of carboxylic acid groups (broad SMARTS) is 1. The summed E-state index contributed by atoms with van der Waals surface area (Å²) < 4.78 is 30.6. The minimum atomic E-state index is -2.00. The lowest BCUT2D eigenvalue weighted by Gasteiger charge is -2.36. The number of nitrogens with zero attached hydrogens (tertiary/aromatic N) is 2. The number of amides is 4. The van der Waals surface area contributed by atoms with Crippen molar-refractivity contribution < 1.29 is 52.8 Å². The Morgan fingerprint density at radius 3 is 2.20 bits per heavy atom. The van der Waals surface area contributed by atoms with Crippen LogP contribution in [0.2, 0.25) is 0 Å². The average molecular weight is 778 g/mol. The van der Waals surface area contributed by atoms with Crippen molar-refractivity contribution in [3.63, 3.8) is 0 Å². The van der Waals surface area contributed by atoms with E-state index >= 15 is 0 Å². The Hall–Kier alpha value is -4.03. The maximum absolute atomic E-state index is 14.6. The SMILES string of the molecule is Cc1ncsc1-c1ccc([C@H](CC(=O)NCCOCCOCCOCCC(=O)O)NC(=O)[C@@H]2C[C@@H](O)CN2C(=O)C(NC(=O)C2(F)CC2)C(C)(C)C)cc1. The molecule has 5 N–H and O–H groups in total. The number of aliphatic hydroxyl groups is 1. The van der Waals surface area contributed by atoms with Gasteiger partial charge in [0.2, 0.25) is 17.7 Å². The number of likely N-dealkylation sites (tertiary alicyclic amines) is 1. The Morgan fingerprint density at radius 2 is 1.63 bits per heavy atom. The smallest absolute Gasteiger partial charge is 0.305 e. The van der Waals surface area contributed by atoms with Gasteiger partial charge in [-0.2, -0.15) is 0 Å². The molecule has 2 aliphatic rings. The predicted octanol–water partition coefficient (Wildman–Crippen LogP) is 2.30. The number of aliphatic hydroxyl groups excluding tert-OH is 1. The van der Waals surface area contributed by atoms with Gasteiger partial charge in [-0.1, -0.05) is 45.0 Å². The lowest BCUT2D eigenvalue weighted by atomic mass is 9.85. The van der Waals surface area contributed by atoms with Gasteiger partial charge in [-0.3, -0.25) is 24.0 Å². The van der Waals surface area contributed by atoms with Crippen molar-refractivity contribution >= 4 is 40.9 Å². The molecule has 1 aromatic carbocycles. The number of rotatable bonds is 21. The standard InChI is InChI=1S/C37H52FN5O10S/c1-23-31(54-22-40-23)25-7-5-24(6-8-25)27(20-29(45)39-12-14-52-16-18-53-17-15-51-13-9-30(46)47)41-33(48)28-19-26(44)21-43(28)34(49)32(36(2,3)4)42-35(50)37(38)10-11-37/h5-8,22,26-28,32,44H,9-21H2,1-4H3,(H,39,45)(H,41,48)(H,42,50)(H,46,47)/t26-,27+,28+,32?/m1/s1. The van der Waals surface area contributed by atoms with E-state index < -0.39 is 59.0 Å². The fraction of sp³-hybridized carbons (Fsp3) is 0.622. The first-order chi connectivity index (χ1) is 25.6. The van der Waals surface area contributed by atoms with Crippen molar-refractivity contribution in [3.05, 3.63) is 41.0 Å². The van der Waals surface area contributed by atoms with Crippen LogP contribution in [0.1, 0.15) is 70.2 Å². The number of aliphatic carboxylic acids is 1. The molecule has 1 saturated carbocycles. The van der Waals surface area contributed by atoms with Crippen molar-refractivity contribution in [2.24, 2.45) is 5.41 Å². The van der Waals surface area contributed by atoms with Crippen LogP contribution in [0.4, 0.5) is 4.39 Å². The second-order valence-electron chi connectivity index (χ2n) is 14.6. The highest BCUT2D eigenvalue weighted by Gasteiger charge is 2.53. The topological polar surface area (TPSA) is 206 Å². The number of halogens is 1. The normalized spacial score (nSPS) is 18.8. The van der Waals surface area contributed by atoms with Gasteiger partial charge >= 0.3 is 5.97 Å². The van der Waals surface area contributed by atoms with Crippen LogP contribution >= 0.6 is 11.3 Å². The minimum absolute atomic E-state index is 0.0588. The number of carboxylic acids is 1. The molecule has 2 heterocycles. The van der Waals surface area contributed by atoms with Crippen LogP contribution in [0.25, 0.3) is 10.4 Å². The molecular formula is C37H52FN5O10S. The second kappa shape index (κ2) is 19.5. The fourth-order valence-electron chi connectivity index (χ4n) is 5.91. The van der Waals surface area contributed by atoms with E-state index in [1.54, 1.807) is 26.3 Å². The van der Waals surface area contributed by atoms with E-state index in [-0.39, 0.29) is 90.7 Å². The summed E-state index contributed by atoms with van der Waals surface area (Å²) in [7, 11) is 0. The Balaban J connectivity index is 1.37. The van der Waals surface area contributed by atoms with Crippen LogP contribution in [0.3, 0.4) is 0 Å². The summed E-state index contributed by atoms with van der Waals surface area (Å²) in [5.41, 5.74) is 1.36. The van der Waals surface area contributed by atoms with Crippen molar-refractivity contribution in [3.8, 4) is 10.4 Å². The van der Waals surface area contributed by atoms with E-state index in [2.05, 4.69) is 20.9 Å². The van der Waals surface area contributed by atoms with Gasteiger partial charge in [0, 0.05) is 19.5 Å². The fourth-order valence-corrected chi connectivity index (χ4v) is 6.72. The van der Waals surface area contributed by atoms with Crippen LogP contribution in [-0.2, 0) is 38.2 Å². The summed E-state index contributed by atoms with van der Waals surface area (Å²) >= 11 is 1.50. The first-order valence-electron chi connectivity index (χ1n) is 18.1. The number of ether oxygens (including phenoxy) is 3. The predicted molar refractivity (Wildman–Crippen MR) is 196 cm³/mol.